The zero-order valence-corrected chi connectivity index (χ0v) is 15.7. The lowest BCUT2D eigenvalue weighted by Crippen LogP contribution is -2.29. The molecule has 0 saturated heterocycles. The topological polar surface area (TPSA) is 81.5 Å². The average molecular weight is 397 g/mol. The van der Waals surface area contributed by atoms with Crippen molar-refractivity contribution < 1.29 is 14.5 Å². The van der Waals surface area contributed by atoms with Crippen molar-refractivity contribution >= 4 is 23.2 Å². The van der Waals surface area contributed by atoms with Gasteiger partial charge in [0.2, 0.25) is 0 Å². The molecule has 6 nitrogen and oxygen atoms in total. The molecule has 0 aliphatic heterocycles. The number of hydrogen-bond donors (Lipinski definition) is 1. The van der Waals surface area contributed by atoms with Crippen LogP contribution in [0.3, 0.4) is 0 Å². The number of amides is 1. The first-order valence-electron chi connectivity index (χ1n) is 8.43. The Labute approximate surface area is 166 Å². The molecule has 0 aromatic heterocycles. The Kier molecular flexibility index (Phi) is 5.91. The van der Waals surface area contributed by atoms with Gasteiger partial charge >= 0.3 is 0 Å². The number of nitrogens with zero attached hydrogens (tertiary/aromatic N) is 1. The van der Waals surface area contributed by atoms with Gasteiger partial charge in [0.1, 0.15) is 10.8 Å². The molecular formula is C21H17ClN2O4. The average Bonchev–Trinajstić information content (AvgIpc) is 2.72. The molecule has 0 bridgehead atoms. The smallest absolute Gasteiger partial charge is 0.288 e. The summed E-state index contributed by atoms with van der Waals surface area (Å²) >= 11 is 5.84. The van der Waals surface area contributed by atoms with E-state index in [9.17, 15) is 14.9 Å². The number of rotatable bonds is 6. The highest BCUT2D eigenvalue weighted by Crippen LogP contribution is 2.27. The van der Waals surface area contributed by atoms with E-state index in [-0.39, 0.29) is 16.3 Å². The molecule has 0 aliphatic rings. The van der Waals surface area contributed by atoms with Gasteiger partial charge in [0.25, 0.3) is 11.6 Å². The van der Waals surface area contributed by atoms with Crippen LogP contribution in [0.4, 0.5) is 5.69 Å². The van der Waals surface area contributed by atoms with Crippen molar-refractivity contribution in [1.29, 1.82) is 0 Å². The fraction of sp³-hybridized carbons (Fsp3) is 0.0952. The van der Waals surface area contributed by atoms with Gasteiger partial charge in [-0.25, -0.2) is 0 Å². The van der Waals surface area contributed by atoms with E-state index in [1.54, 1.807) is 7.11 Å². The van der Waals surface area contributed by atoms with E-state index in [0.29, 0.717) is 5.75 Å². The molecule has 1 amide bonds. The van der Waals surface area contributed by atoms with Crippen molar-refractivity contribution in [3.05, 3.63) is 105 Å². The van der Waals surface area contributed by atoms with Gasteiger partial charge in [-0.15, -0.1) is 0 Å². The van der Waals surface area contributed by atoms with E-state index in [1.807, 2.05) is 54.6 Å². The molecular weight excluding hydrogens is 380 g/mol. The maximum absolute atomic E-state index is 12.8. The lowest BCUT2D eigenvalue weighted by molar-refractivity contribution is -0.384. The molecule has 0 radical (unpaired) electrons. The molecule has 0 spiro atoms. The minimum absolute atomic E-state index is 0.0173. The molecule has 1 atom stereocenters. The van der Waals surface area contributed by atoms with Crippen LogP contribution in [0.1, 0.15) is 27.5 Å². The van der Waals surface area contributed by atoms with Crippen LogP contribution >= 0.6 is 11.6 Å². The van der Waals surface area contributed by atoms with Gasteiger partial charge in [0.05, 0.1) is 18.1 Å². The number of ether oxygens (including phenoxy) is 1. The molecule has 0 saturated carbocycles. The fourth-order valence-electron chi connectivity index (χ4n) is 2.81. The first-order valence-corrected chi connectivity index (χ1v) is 8.81. The van der Waals surface area contributed by atoms with Crippen LogP contribution in [-0.2, 0) is 0 Å². The Morgan fingerprint density at radius 3 is 2.29 bits per heavy atom. The number of carbonyl (C=O) groups excluding carboxylic acids is 1. The Bertz CT molecular complexity index is 991. The minimum Gasteiger partial charge on any atom is -0.497 e. The quantitative estimate of drug-likeness (QED) is 0.480. The van der Waals surface area contributed by atoms with Crippen LogP contribution in [0.15, 0.2) is 72.8 Å². The highest BCUT2D eigenvalue weighted by atomic mass is 35.5. The maximum Gasteiger partial charge on any atom is 0.288 e. The summed E-state index contributed by atoms with van der Waals surface area (Å²) in [5.74, 6) is 0.264. The summed E-state index contributed by atoms with van der Waals surface area (Å²) in [6.07, 6.45) is 0. The number of benzene rings is 3. The summed E-state index contributed by atoms with van der Waals surface area (Å²) in [4.78, 5) is 23.3. The van der Waals surface area contributed by atoms with Gasteiger partial charge in [-0.2, -0.15) is 0 Å². The first kappa shape index (κ1) is 19.4. The van der Waals surface area contributed by atoms with E-state index in [4.69, 9.17) is 16.3 Å². The third kappa shape index (κ3) is 4.29. The van der Waals surface area contributed by atoms with Crippen molar-refractivity contribution in [3.8, 4) is 5.75 Å². The fourth-order valence-corrected chi connectivity index (χ4v) is 3.00. The summed E-state index contributed by atoms with van der Waals surface area (Å²) in [6.45, 7) is 0. The normalized spacial score (nSPS) is 11.5. The van der Waals surface area contributed by atoms with Gasteiger partial charge in [-0.3, -0.25) is 14.9 Å². The van der Waals surface area contributed by atoms with Crippen molar-refractivity contribution in [3.63, 3.8) is 0 Å². The molecule has 28 heavy (non-hydrogen) atoms. The molecule has 0 unspecified atom stereocenters. The largest absolute Gasteiger partial charge is 0.497 e. The van der Waals surface area contributed by atoms with E-state index >= 15 is 0 Å². The van der Waals surface area contributed by atoms with E-state index < -0.39 is 16.9 Å². The predicted molar refractivity (Wildman–Crippen MR) is 107 cm³/mol. The molecule has 142 valence electrons. The van der Waals surface area contributed by atoms with E-state index in [1.165, 1.54) is 18.2 Å². The second-order valence-corrected chi connectivity index (χ2v) is 6.42. The van der Waals surface area contributed by atoms with Gasteiger partial charge in [0.15, 0.2) is 0 Å². The number of nitro benzene ring substituents is 1. The Balaban J connectivity index is 1.94. The van der Waals surface area contributed by atoms with Crippen molar-refractivity contribution in [2.24, 2.45) is 0 Å². The third-order valence-electron chi connectivity index (χ3n) is 4.26. The summed E-state index contributed by atoms with van der Waals surface area (Å²) < 4.78 is 5.19. The molecule has 0 fully saturated rings. The van der Waals surface area contributed by atoms with Crippen LogP contribution < -0.4 is 10.1 Å². The van der Waals surface area contributed by atoms with Gasteiger partial charge in [-0.1, -0.05) is 54.1 Å². The maximum atomic E-state index is 12.8. The number of methoxy groups -OCH3 is 1. The number of halogens is 1. The van der Waals surface area contributed by atoms with Crippen LogP contribution in [0, 0.1) is 10.1 Å². The second-order valence-electron chi connectivity index (χ2n) is 6.01. The highest BCUT2D eigenvalue weighted by Gasteiger charge is 2.21. The Hall–Kier alpha value is -3.38. The molecule has 3 aromatic carbocycles. The van der Waals surface area contributed by atoms with Gasteiger partial charge in [-0.05, 0) is 35.4 Å². The zero-order chi connectivity index (χ0) is 20.1. The third-order valence-corrected chi connectivity index (χ3v) is 4.58. The van der Waals surface area contributed by atoms with E-state index in [2.05, 4.69) is 5.32 Å². The Morgan fingerprint density at radius 2 is 1.68 bits per heavy atom. The first-order chi connectivity index (χ1) is 13.5. The van der Waals surface area contributed by atoms with Gasteiger partial charge in [0, 0.05) is 11.6 Å². The number of nitro groups is 1. The molecule has 0 aliphatic carbocycles. The monoisotopic (exact) mass is 396 g/mol. The van der Waals surface area contributed by atoms with Crippen LogP contribution in [-0.4, -0.2) is 17.9 Å². The Morgan fingerprint density at radius 1 is 1.04 bits per heavy atom. The molecule has 3 aromatic rings. The van der Waals surface area contributed by atoms with Crippen molar-refractivity contribution in [2.75, 3.05) is 7.11 Å². The lowest BCUT2D eigenvalue weighted by atomic mass is 9.98. The summed E-state index contributed by atoms with van der Waals surface area (Å²) in [5.41, 5.74) is 1.58. The van der Waals surface area contributed by atoms with Crippen LogP contribution in [0.2, 0.25) is 5.02 Å². The molecule has 7 heteroatoms. The highest BCUT2D eigenvalue weighted by molar-refractivity contribution is 6.32. The number of hydrogen-bond acceptors (Lipinski definition) is 4. The van der Waals surface area contributed by atoms with Crippen LogP contribution in [0.5, 0.6) is 5.75 Å². The predicted octanol–water partition coefficient (Wildman–Crippen LogP) is 4.78. The van der Waals surface area contributed by atoms with Crippen LogP contribution in [0.25, 0.3) is 0 Å². The second kappa shape index (κ2) is 8.54. The van der Waals surface area contributed by atoms with Gasteiger partial charge < -0.3 is 10.1 Å². The minimum atomic E-state index is -0.614. The number of carbonyl (C=O) groups is 1. The number of nitrogens with one attached hydrogen (secondary N) is 1. The summed E-state index contributed by atoms with van der Waals surface area (Å²) in [7, 11) is 1.58. The van der Waals surface area contributed by atoms with Crippen molar-refractivity contribution in [1.82, 2.24) is 5.32 Å². The molecule has 0 heterocycles. The molecule has 1 N–H and O–H groups in total. The zero-order valence-electron chi connectivity index (χ0n) is 15.0. The summed E-state index contributed by atoms with van der Waals surface area (Å²) in [6, 6.07) is 20.3. The lowest BCUT2D eigenvalue weighted by Gasteiger charge is -2.20. The molecule has 3 rings (SSSR count). The standard InChI is InChI=1S/C21H17ClN2O4/c1-28-17-10-7-15(8-11-17)20(14-5-3-2-4-6-14)23-21(25)16-9-12-18(22)19(13-16)24(26)27/h2-13,20H,1H3,(H,23,25)/t20-/m1/s1. The summed E-state index contributed by atoms with van der Waals surface area (Å²) in [5, 5.41) is 14.0. The van der Waals surface area contributed by atoms with Crippen molar-refractivity contribution in [2.45, 2.75) is 6.04 Å². The van der Waals surface area contributed by atoms with E-state index in [0.717, 1.165) is 11.1 Å². The SMILES string of the molecule is COc1ccc([C@H](NC(=O)c2ccc(Cl)c([N+](=O)[O-])c2)c2ccccc2)cc1.